The fourth-order valence-corrected chi connectivity index (χ4v) is 1.69. The van der Waals surface area contributed by atoms with Crippen molar-refractivity contribution in [3.05, 3.63) is 21.1 Å². The normalized spacial score (nSPS) is 10.1. The van der Waals surface area contributed by atoms with Gasteiger partial charge in [-0.3, -0.25) is 4.79 Å². The molecule has 0 fully saturated rings. The third-order valence-corrected chi connectivity index (χ3v) is 2.42. The van der Waals surface area contributed by atoms with Gasteiger partial charge in [-0.1, -0.05) is 11.6 Å². The van der Waals surface area contributed by atoms with Gasteiger partial charge in [-0.2, -0.15) is 0 Å². The number of carbonyl (C=O) groups excluding carboxylic acids is 1. The van der Waals surface area contributed by atoms with Crippen LogP contribution in [-0.2, 0) is 0 Å². The number of phenols is 2. The lowest BCUT2D eigenvalue weighted by atomic mass is 10.1. The van der Waals surface area contributed by atoms with Crippen LogP contribution in [0.25, 0.3) is 0 Å². The van der Waals surface area contributed by atoms with Crippen LogP contribution in [0, 0.1) is 0 Å². The highest BCUT2D eigenvalue weighted by Gasteiger charge is 2.18. The SMILES string of the molecule is CC(=O)c1c(O)c(Cl)cc(Br)c1O. The monoisotopic (exact) mass is 264 g/mol. The molecule has 70 valence electrons. The van der Waals surface area contributed by atoms with Gasteiger partial charge in [0, 0.05) is 0 Å². The van der Waals surface area contributed by atoms with Crippen molar-refractivity contribution in [3.8, 4) is 11.5 Å². The summed E-state index contributed by atoms with van der Waals surface area (Å²) in [6.07, 6.45) is 0. The highest BCUT2D eigenvalue weighted by atomic mass is 79.9. The molecule has 0 radical (unpaired) electrons. The number of carbonyl (C=O) groups is 1. The Morgan fingerprint density at radius 2 is 2.00 bits per heavy atom. The molecule has 0 atom stereocenters. The number of hydrogen-bond acceptors (Lipinski definition) is 3. The number of phenolic OH excluding ortho intramolecular Hbond substituents is 2. The van der Waals surface area contributed by atoms with Gasteiger partial charge in [0.15, 0.2) is 5.78 Å². The fraction of sp³-hybridized carbons (Fsp3) is 0.125. The molecule has 1 rings (SSSR count). The zero-order valence-corrected chi connectivity index (χ0v) is 8.98. The smallest absolute Gasteiger partial charge is 0.167 e. The van der Waals surface area contributed by atoms with Crippen molar-refractivity contribution in [1.82, 2.24) is 0 Å². The van der Waals surface area contributed by atoms with Gasteiger partial charge in [-0.25, -0.2) is 0 Å². The van der Waals surface area contributed by atoms with Crippen molar-refractivity contribution in [2.75, 3.05) is 0 Å². The number of aromatic hydroxyl groups is 2. The van der Waals surface area contributed by atoms with E-state index in [1.807, 2.05) is 0 Å². The van der Waals surface area contributed by atoms with Crippen molar-refractivity contribution in [3.63, 3.8) is 0 Å². The summed E-state index contributed by atoms with van der Waals surface area (Å²) < 4.78 is 0.278. The summed E-state index contributed by atoms with van der Waals surface area (Å²) in [7, 11) is 0. The highest BCUT2D eigenvalue weighted by molar-refractivity contribution is 9.10. The predicted molar refractivity (Wildman–Crippen MR) is 52.5 cm³/mol. The molecule has 0 aromatic heterocycles. The van der Waals surface area contributed by atoms with Crippen LogP contribution >= 0.6 is 27.5 Å². The number of Topliss-reactive ketones (excluding diaryl/α,β-unsaturated/α-hetero) is 1. The third kappa shape index (κ3) is 1.78. The molecule has 1 aromatic rings. The van der Waals surface area contributed by atoms with Crippen LogP contribution in [0.2, 0.25) is 5.02 Å². The maximum atomic E-state index is 11.0. The molecule has 0 unspecified atom stereocenters. The summed E-state index contributed by atoms with van der Waals surface area (Å²) in [4.78, 5) is 11.0. The Morgan fingerprint density at radius 1 is 1.46 bits per heavy atom. The third-order valence-electron chi connectivity index (χ3n) is 1.53. The zero-order chi connectivity index (χ0) is 10.2. The summed E-state index contributed by atoms with van der Waals surface area (Å²) in [6.45, 7) is 1.23. The van der Waals surface area contributed by atoms with Gasteiger partial charge in [0.1, 0.15) is 17.1 Å². The summed E-state index contributed by atoms with van der Waals surface area (Å²) in [6, 6.07) is 1.32. The average Bonchev–Trinajstić information content (AvgIpc) is 2.01. The van der Waals surface area contributed by atoms with Gasteiger partial charge in [0.25, 0.3) is 0 Å². The van der Waals surface area contributed by atoms with Crippen LogP contribution in [-0.4, -0.2) is 16.0 Å². The van der Waals surface area contributed by atoms with E-state index in [9.17, 15) is 15.0 Å². The van der Waals surface area contributed by atoms with E-state index in [0.29, 0.717) is 0 Å². The van der Waals surface area contributed by atoms with Gasteiger partial charge in [0.2, 0.25) is 0 Å². The number of rotatable bonds is 1. The molecule has 0 saturated heterocycles. The standard InChI is InChI=1S/C8H6BrClO3/c1-3(11)6-7(12)4(9)2-5(10)8(6)13/h2,12-13H,1H3. The van der Waals surface area contributed by atoms with Crippen LogP contribution in [0.3, 0.4) is 0 Å². The second kappa shape index (κ2) is 3.55. The molecule has 2 N–H and O–H groups in total. The molecule has 0 heterocycles. The first-order chi connectivity index (χ1) is 5.95. The minimum atomic E-state index is -0.446. The molecule has 5 heteroatoms. The average molecular weight is 265 g/mol. The van der Waals surface area contributed by atoms with Crippen molar-refractivity contribution >= 4 is 33.3 Å². The Kier molecular flexibility index (Phi) is 2.83. The van der Waals surface area contributed by atoms with Crippen molar-refractivity contribution in [1.29, 1.82) is 0 Å². The molecule has 0 bridgehead atoms. The Hall–Kier alpha value is -0.740. The van der Waals surface area contributed by atoms with Crippen molar-refractivity contribution < 1.29 is 15.0 Å². The molecule has 0 amide bonds. The van der Waals surface area contributed by atoms with E-state index in [1.54, 1.807) is 0 Å². The van der Waals surface area contributed by atoms with Crippen LogP contribution in [0.5, 0.6) is 11.5 Å². The molecular weight excluding hydrogens is 259 g/mol. The van der Waals surface area contributed by atoms with Crippen LogP contribution < -0.4 is 0 Å². The molecule has 0 aliphatic rings. The van der Waals surface area contributed by atoms with E-state index in [-0.39, 0.29) is 20.8 Å². The summed E-state index contributed by atoms with van der Waals surface area (Å²) in [5, 5.41) is 18.7. The Labute approximate surface area is 88.1 Å². The molecule has 3 nitrogen and oxygen atoms in total. The molecular formula is C8H6BrClO3. The van der Waals surface area contributed by atoms with E-state index >= 15 is 0 Å². The quantitative estimate of drug-likeness (QED) is 0.768. The summed E-state index contributed by atoms with van der Waals surface area (Å²) in [5.74, 6) is -1.14. The van der Waals surface area contributed by atoms with Gasteiger partial charge >= 0.3 is 0 Å². The highest BCUT2D eigenvalue weighted by Crippen LogP contribution is 2.39. The largest absolute Gasteiger partial charge is 0.506 e. The van der Waals surface area contributed by atoms with Crippen LogP contribution in [0.15, 0.2) is 10.5 Å². The first-order valence-corrected chi connectivity index (χ1v) is 4.53. The Morgan fingerprint density at radius 3 is 2.46 bits per heavy atom. The fourth-order valence-electron chi connectivity index (χ4n) is 0.932. The molecule has 0 spiro atoms. The van der Waals surface area contributed by atoms with Gasteiger partial charge in [-0.05, 0) is 28.9 Å². The number of hydrogen-bond donors (Lipinski definition) is 2. The maximum absolute atomic E-state index is 11.0. The molecule has 1 aromatic carbocycles. The van der Waals surface area contributed by atoms with Crippen LogP contribution in [0.1, 0.15) is 17.3 Å². The minimum absolute atomic E-state index is 0.0230. The summed E-state index contributed by atoms with van der Waals surface area (Å²) >= 11 is 8.59. The number of ketones is 1. The number of benzene rings is 1. The van der Waals surface area contributed by atoms with Crippen LogP contribution in [0.4, 0.5) is 0 Å². The maximum Gasteiger partial charge on any atom is 0.167 e. The molecule has 0 aliphatic heterocycles. The second-order valence-electron chi connectivity index (χ2n) is 2.47. The topological polar surface area (TPSA) is 57.5 Å². The van der Waals surface area contributed by atoms with Gasteiger partial charge in [-0.15, -0.1) is 0 Å². The van der Waals surface area contributed by atoms with E-state index in [4.69, 9.17) is 11.6 Å². The molecule has 13 heavy (non-hydrogen) atoms. The lowest BCUT2D eigenvalue weighted by Crippen LogP contribution is -1.94. The van der Waals surface area contributed by atoms with E-state index in [1.165, 1.54) is 13.0 Å². The Bertz CT molecular complexity index is 350. The van der Waals surface area contributed by atoms with E-state index in [2.05, 4.69) is 15.9 Å². The lowest BCUT2D eigenvalue weighted by molar-refractivity contribution is 0.101. The van der Waals surface area contributed by atoms with Crippen molar-refractivity contribution in [2.24, 2.45) is 0 Å². The van der Waals surface area contributed by atoms with E-state index in [0.717, 1.165) is 0 Å². The summed E-state index contributed by atoms with van der Waals surface area (Å²) in [5.41, 5.74) is -0.167. The van der Waals surface area contributed by atoms with Gasteiger partial charge in [0.05, 0.1) is 9.50 Å². The number of halogens is 2. The first kappa shape index (κ1) is 10.3. The Balaban J connectivity index is 3.56. The first-order valence-electron chi connectivity index (χ1n) is 3.36. The lowest BCUT2D eigenvalue weighted by Gasteiger charge is -2.06. The minimum Gasteiger partial charge on any atom is -0.506 e. The molecule has 0 saturated carbocycles. The van der Waals surface area contributed by atoms with Crippen molar-refractivity contribution in [2.45, 2.75) is 6.92 Å². The van der Waals surface area contributed by atoms with E-state index < -0.39 is 11.5 Å². The zero-order valence-electron chi connectivity index (χ0n) is 6.64. The molecule has 0 aliphatic carbocycles. The predicted octanol–water partition coefficient (Wildman–Crippen LogP) is 2.72. The second-order valence-corrected chi connectivity index (χ2v) is 3.73. The van der Waals surface area contributed by atoms with Gasteiger partial charge < -0.3 is 10.2 Å².